The van der Waals surface area contributed by atoms with Crippen molar-refractivity contribution in [2.24, 2.45) is 0 Å². The maximum atomic E-state index is 12.7. The van der Waals surface area contributed by atoms with Crippen molar-refractivity contribution in [3.63, 3.8) is 0 Å². The first kappa shape index (κ1) is 21.6. The van der Waals surface area contributed by atoms with Gasteiger partial charge in [-0.3, -0.25) is 18.9 Å². The molecule has 0 heterocycles. The maximum absolute atomic E-state index is 12.7. The summed E-state index contributed by atoms with van der Waals surface area (Å²) in [5, 5.41) is 0. The van der Waals surface area contributed by atoms with Crippen molar-refractivity contribution in [3.8, 4) is 0 Å². The Morgan fingerprint density at radius 3 is 1.00 bits per heavy atom. The summed E-state index contributed by atoms with van der Waals surface area (Å²) in [5.41, 5.74) is 0. The predicted molar refractivity (Wildman–Crippen MR) is 50.6 cm³/mol. The van der Waals surface area contributed by atoms with Crippen LogP contribution in [0.3, 0.4) is 0 Å². The molecular formula is C6F13IMg. The van der Waals surface area contributed by atoms with Crippen LogP contribution in [0.5, 0.6) is 0 Å². The Hall–Kier alpha value is 0.586. The quantitative estimate of drug-likeness (QED) is 0.310. The van der Waals surface area contributed by atoms with E-state index in [0.29, 0.717) is 18.9 Å². The molecule has 0 nitrogen and oxygen atoms in total. The molecule has 0 N–H and O–H groups in total. The molecule has 0 aliphatic rings. The largest absolute Gasteiger partial charge is 0.580 e. The molecule has 21 heavy (non-hydrogen) atoms. The lowest BCUT2D eigenvalue weighted by molar-refractivity contribution is -0.433. The molecule has 124 valence electrons. The molecule has 0 bridgehead atoms. The average Bonchev–Trinajstić information content (AvgIpc) is 2.26. The molecule has 0 rings (SSSR count). The molecular weight excluding hydrogens is 470 g/mol. The highest BCUT2D eigenvalue weighted by molar-refractivity contribution is 14.1. The molecule has 0 aromatic carbocycles. The van der Waals surface area contributed by atoms with Crippen LogP contribution in [0.1, 0.15) is 0 Å². The first-order valence-corrected chi connectivity index (χ1v) is 10.1. The fourth-order valence-corrected chi connectivity index (χ4v) is 2.71. The second kappa shape index (κ2) is 5.59. The lowest BCUT2D eigenvalue weighted by Crippen LogP contribution is -2.70. The summed E-state index contributed by atoms with van der Waals surface area (Å²) in [6, 6.07) is 0. The Kier molecular flexibility index (Phi) is 5.75. The Morgan fingerprint density at radius 2 is 0.762 bits per heavy atom. The van der Waals surface area contributed by atoms with Gasteiger partial charge in [-0.15, -0.1) is 0 Å². The minimum absolute atomic E-state index is 0.482. The summed E-state index contributed by atoms with van der Waals surface area (Å²) in [5.74, 6) is -30.2. The van der Waals surface area contributed by atoms with Crippen LogP contribution >= 0.6 is 18.9 Å². The molecule has 0 radical (unpaired) electrons. The van der Waals surface area contributed by atoms with E-state index in [9.17, 15) is 57.1 Å². The smallest absolute Gasteiger partial charge is 0.288 e. The van der Waals surface area contributed by atoms with Gasteiger partial charge in [-0.05, 0) is 0 Å². The number of halogens is 14. The standard InChI is InChI=1S/C6F13.HI.Mg/c7-1(8)2(9,10)3(11,12)4(13,14)5(15,16)6(17,18)19;;/h;1H;/q;;+1/p-1. The van der Waals surface area contributed by atoms with E-state index in [1.807, 2.05) is 0 Å². The second-order valence-electron chi connectivity index (χ2n) is 3.63. The van der Waals surface area contributed by atoms with Gasteiger partial charge in [0.1, 0.15) is 0 Å². The molecule has 0 atom stereocenters. The predicted octanol–water partition coefficient (Wildman–Crippen LogP) is 4.74. The first-order chi connectivity index (χ1) is 8.81. The van der Waals surface area contributed by atoms with Crippen LogP contribution in [-0.2, 0) is 0 Å². The highest BCUT2D eigenvalue weighted by Gasteiger charge is 2.90. The van der Waals surface area contributed by atoms with Crippen molar-refractivity contribution in [3.05, 3.63) is 0 Å². The Bertz CT molecular complexity index is 385. The third-order valence-electron chi connectivity index (χ3n) is 2.17. The van der Waals surface area contributed by atoms with E-state index in [4.69, 9.17) is 0 Å². The first-order valence-electron chi connectivity index (χ1n) is 4.33. The summed E-state index contributed by atoms with van der Waals surface area (Å²) in [7, 11) is 0. The van der Waals surface area contributed by atoms with Gasteiger partial charge in [0.15, 0.2) is 0 Å². The second-order valence-corrected chi connectivity index (χ2v) is 7.08. The molecule has 15 heteroatoms. The Labute approximate surface area is 126 Å². The van der Waals surface area contributed by atoms with Crippen molar-refractivity contribution >= 4 is 35.3 Å². The topological polar surface area (TPSA) is 0 Å². The van der Waals surface area contributed by atoms with Gasteiger partial charge in [-0.1, -0.05) is 0 Å². The lowest BCUT2D eigenvalue weighted by atomic mass is 9.98. The van der Waals surface area contributed by atoms with Crippen molar-refractivity contribution in [2.75, 3.05) is 0 Å². The Balaban J connectivity index is 6.14. The van der Waals surface area contributed by atoms with Crippen molar-refractivity contribution in [1.29, 1.82) is 0 Å². The summed E-state index contributed by atoms with van der Waals surface area (Å²) < 4.78 is 155. The fourth-order valence-electron chi connectivity index (χ4n) is 0.886. The van der Waals surface area contributed by atoms with E-state index in [-0.39, 0.29) is 0 Å². The zero-order valence-electron chi connectivity index (χ0n) is 9.00. The molecule has 0 spiro atoms. The van der Waals surface area contributed by atoms with E-state index in [1.54, 1.807) is 0 Å². The lowest BCUT2D eigenvalue weighted by Gasteiger charge is -2.40. The molecule has 0 saturated heterocycles. The van der Waals surface area contributed by atoms with Crippen molar-refractivity contribution < 1.29 is 57.1 Å². The normalized spacial score (nSPS) is 15.9. The summed E-state index contributed by atoms with van der Waals surface area (Å²) in [6.07, 6.45) is -7.35. The molecule has 0 aromatic rings. The van der Waals surface area contributed by atoms with E-state index in [0.717, 1.165) is 0 Å². The molecule has 0 unspecified atom stereocenters. The van der Waals surface area contributed by atoms with Crippen LogP contribution in [0.2, 0.25) is 0 Å². The van der Waals surface area contributed by atoms with Gasteiger partial charge >= 0.3 is 46.3 Å². The van der Waals surface area contributed by atoms with Gasteiger partial charge in [0.05, 0.1) is 0 Å². The van der Waals surface area contributed by atoms with Gasteiger partial charge < -0.3 is 0 Å². The van der Waals surface area contributed by atoms with Crippen LogP contribution in [0.4, 0.5) is 57.1 Å². The number of hydrogen-bond donors (Lipinski definition) is 0. The SMILES string of the molecule is FC(F)(F)C(F)(F)C(F)(F)C(F)(F)C(F)(F)[C](F)(F)[Mg][I]. The molecule has 0 aromatic heterocycles. The van der Waals surface area contributed by atoms with Crippen molar-refractivity contribution in [2.45, 2.75) is 33.9 Å². The van der Waals surface area contributed by atoms with Crippen LogP contribution in [0.15, 0.2) is 0 Å². The third-order valence-corrected chi connectivity index (χ3v) is 5.82. The summed E-state index contributed by atoms with van der Waals surface area (Å²) >= 11 is -3.05. The van der Waals surface area contributed by atoms with E-state index in [1.165, 1.54) is 0 Å². The Morgan fingerprint density at radius 1 is 0.476 bits per heavy atom. The fraction of sp³-hybridized carbons (Fsp3) is 1.00. The van der Waals surface area contributed by atoms with Gasteiger partial charge in [0, 0.05) is 0 Å². The van der Waals surface area contributed by atoms with Gasteiger partial charge in [0.2, 0.25) is 4.05 Å². The van der Waals surface area contributed by atoms with Crippen LogP contribution in [0.25, 0.3) is 0 Å². The van der Waals surface area contributed by atoms with Crippen LogP contribution in [0, 0.1) is 0 Å². The minimum Gasteiger partial charge on any atom is -0.288 e. The number of alkyl halides is 13. The third kappa shape index (κ3) is 3.01. The molecule has 0 amide bonds. The highest BCUT2D eigenvalue weighted by atomic mass is 127. The molecule has 0 aliphatic carbocycles. The minimum atomic E-state index is -7.79. The van der Waals surface area contributed by atoms with Gasteiger partial charge in [0.25, 0.3) is 0 Å². The monoisotopic (exact) mass is 470 g/mol. The summed E-state index contributed by atoms with van der Waals surface area (Å²) in [6.45, 7) is 0. The zero-order chi connectivity index (χ0) is 17.7. The van der Waals surface area contributed by atoms with Gasteiger partial charge in [-0.25, -0.2) is 8.78 Å². The highest BCUT2D eigenvalue weighted by Crippen LogP contribution is 2.60. The average molecular weight is 470 g/mol. The number of hydrogen-bond acceptors (Lipinski definition) is 0. The van der Waals surface area contributed by atoms with Crippen LogP contribution in [-0.4, -0.2) is 50.4 Å². The van der Waals surface area contributed by atoms with Crippen molar-refractivity contribution in [1.82, 2.24) is 0 Å². The molecule has 0 saturated carbocycles. The van der Waals surface area contributed by atoms with Crippen LogP contribution < -0.4 is 0 Å². The molecule has 0 aliphatic heterocycles. The number of rotatable bonds is 5. The maximum Gasteiger partial charge on any atom is 0.580 e. The van der Waals surface area contributed by atoms with E-state index in [2.05, 4.69) is 0 Å². The van der Waals surface area contributed by atoms with E-state index >= 15 is 0 Å². The summed E-state index contributed by atoms with van der Waals surface area (Å²) in [4.78, 5) is 0. The van der Waals surface area contributed by atoms with Gasteiger partial charge in [-0.2, -0.15) is 48.3 Å². The molecule has 0 fully saturated rings. The zero-order valence-corrected chi connectivity index (χ0v) is 12.6. The van der Waals surface area contributed by atoms with E-state index < -0.39 is 50.4 Å².